The molecule has 0 spiro atoms. The number of benzene rings is 9. The van der Waals surface area contributed by atoms with Crippen molar-refractivity contribution in [2.45, 2.75) is 32.2 Å². The summed E-state index contributed by atoms with van der Waals surface area (Å²) in [4.78, 5) is 5.47. The number of aliphatic imine (C=N–C) groups is 1. The Balaban J connectivity index is 0.824. The Hall–Kier alpha value is -8.93. The molecule has 1 N–H and O–H groups in total. The highest BCUT2D eigenvalue weighted by atomic mass is 16.3. The van der Waals surface area contributed by atoms with E-state index in [-0.39, 0.29) is 12.0 Å². The van der Waals surface area contributed by atoms with Gasteiger partial charge in [0.05, 0.1) is 17.1 Å². The first-order valence-electron chi connectivity index (χ1n) is 25.2. The highest BCUT2D eigenvalue weighted by Gasteiger charge is 2.25. The van der Waals surface area contributed by atoms with Crippen molar-refractivity contribution in [2.75, 3.05) is 0 Å². The fraction of sp³-hybridized carbons (Fsp3) is 0.0896. The van der Waals surface area contributed by atoms with E-state index in [2.05, 4.69) is 235 Å². The van der Waals surface area contributed by atoms with E-state index >= 15 is 0 Å². The van der Waals surface area contributed by atoms with Crippen molar-refractivity contribution >= 4 is 88.5 Å². The Bertz CT molecular complexity index is 4240. The quantitative estimate of drug-likeness (QED) is 0.173. The van der Waals surface area contributed by atoms with Gasteiger partial charge in [0.1, 0.15) is 28.2 Å². The second kappa shape index (κ2) is 17.2. The average molecular weight is 928 g/mol. The first-order chi connectivity index (χ1) is 35.6. The number of hydrogen-bond donors (Lipinski definition) is 1. The standard InChI is InChI=1S/C67H49N3O2/c1-42-38-48(51-25-13-26-54-53-23-9-11-30-62(53)72-66(51)54)33-35-59(42)70-60-29-10-8-22-52(60)55-40-45(32-36-61(55)70)46-34-37-63-56(41-46)65-50(24-14-31-64(65)71-63)47-20-12-21-49(39-47)58-28-15-27-57(43-16-4-2-5-17-43)68-67(69-58)44-18-6-3-7-19-44/h2-14,16-27,29-37,39-42,58H,15,28,38H2,1H3,(H,68,69)/b57-27-. The number of nitrogens with zero attached hydrogens (tertiary/aromatic N) is 2. The first kappa shape index (κ1) is 42.0. The molecule has 14 rings (SSSR count). The Morgan fingerprint density at radius 1 is 0.500 bits per heavy atom. The summed E-state index contributed by atoms with van der Waals surface area (Å²) < 4.78 is 15.6. The summed E-state index contributed by atoms with van der Waals surface area (Å²) in [6.07, 6.45) is 9.66. The number of fused-ring (bicyclic) bond motifs is 9. The number of furan rings is 2. The molecule has 3 aromatic heterocycles. The molecule has 5 nitrogen and oxygen atoms in total. The maximum absolute atomic E-state index is 6.61. The van der Waals surface area contributed by atoms with Gasteiger partial charge in [-0.1, -0.05) is 177 Å². The van der Waals surface area contributed by atoms with Gasteiger partial charge < -0.3 is 18.7 Å². The Labute approximate surface area is 417 Å². The molecule has 5 heteroatoms. The average Bonchev–Trinajstić information content (AvgIpc) is 4.11. The summed E-state index contributed by atoms with van der Waals surface area (Å²) in [5.74, 6) is 1.15. The van der Waals surface area contributed by atoms with E-state index in [9.17, 15) is 0 Å². The van der Waals surface area contributed by atoms with Crippen LogP contribution in [-0.4, -0.2) is 10.4 Å². The van der Waals surface area contributed by atoms with Gasteiger partial charge in [-0.15, -0.1) is 0 Å². The van der Waals surface area contributed by atoms with Gasteiger partial charge in [0.15, 0.2) is 0 Å². The minimum Gasteiger partial charge on any atom is -0.456 e. The molecule has 344 valence electrons. The lowest BCUT2D eigenvalue weighted by atomic mass is 9.88. The summed E-state index contributed by atoms with van der Waals surface area (Å²) in [6.45, 7) is 2.35. The molecule has 2 atom stereocenters. The SMILES string of the molecule is CC1CC(c2cccc3c2oc2ccccc23)=CC=C1n1c2ccccc2c2cc(-c3ccc4oc5cccc(-c6cccc(C7CC/C=C(/c8ccccc8)NC(c8ccccc8)=N7)c6)c5c4c3)ccc21. The molecule has 0 saturated carbocycles. The normalized spacial score (nSPS) is 17.1. The lowest BCUT2D eigenvalue weighted by molar-refractivity contribution is 0.657. The van der Waals surface area contributed by atoms with Crippen molar-refractivity contribution in [1.82, 2.24) is 9.88 Å². The topological polar surface area (TPSA) is 55.6 Å². The maximum atomic E-state index is 6.61. The van der Waals surface area contributed by atoms with Crippen LogP contribution in [0.5, 0.6) is 0 Å². The zero-order valence-electron chi connectivity index (χ0n) is 39.8. The zero-order chi connectivity index (χ0) is 47.7. The lowest BCUT2D eigenvalue weighted by Gasteiger charge is -2.24. The maximum Gasteiger partial charge on any atom is 0.142 e. The van der Waals surface area contributed by atoms with Crippen LogP contribution in [0.1, 0.15) is 54.5 Å². The highest BCUT2D eigenvalue weighted by Crippen LogP contribution is 2.44. The summed E-state index contributed by atoms with van der Waals surface area (Å²) in [5, 5.41) is 10.8. The lowest BCUT2D eigenvalue weighted by Crippen LogP contribution is -2.25. The summed E-state index contributed by atoms with van der Waals surface area (Å²) in [5.41, 5.74) is 18.9. The Kier molecular flexibility index (Phi) is 10.0. The number of rotatable bonds is 7. The van der Waals surface area contributed by atoms with Crippen LogP contribution >= 0.6 is 0 Å². The predicted molar refractivity (Wildman–Crippen MR) is 300 cm³/mol. The Morgan fingerprint density at radius 3 is 2.03 bits per heavy atom. The van der Waals surface area contributed by atoms with Crippen LogP contribution in [0.3, 0.4) is 0 Å². The number of amidine groups is 1. The largest absolute Gasteiger partial charge is 0.456 e. The molecule has 0 saturated heterocycles. The number of nitrogens with one attached hydrogen (secondary N) is 1. The van der Waals surface area contributed by atoms with E-state index in [0.717, 1.165) is 97.1 Å². The van der Waals surface area contributed by atoms with Gasteiger partial charge in [-0.05, 0) is 113 Å². The monoisotopic (exact) mass is 927 g/mol. The van der Waals surface area contributed by atoms with Gasteiger partial charge >= 0.3 is 0 Å². The van der Waals surface area contributed by atoms with Crippen molar-refractivity contribution in [3.05, 3.63) is 247 Å². The second-order valence-electron chi connectivity index (χ2n) is 19.4. The fourth-order valence-corrected chi connectivity index (χ4v) is 11.5. The third kappa shape index (κ3) is 7.11. The molecular formula is C67H49N3O2. The number of aromatic nitrogens is 1. The molecule has 1 aliphatic carbocycles. The molecule has 0 fully saturated rings. The van der Waals surface area contributed by atoms with E-state index in [1.54, 1.807) is 0 Å². The third-order valence-electron chi connectivity index (χ3n) is 15.0. The van der Waals surface area contributed by atoms with Crippen LogP contribution in [0.2, 0.25) is 0 Å². The van der Waals surface area contributed by atoms with E-state index in [1.807, 2.05) is 6.07 Å². The number of allylic oxidation sites excluding steroid dienone is 5. The molecule has 0 radical (unpaired) electrons. The van der Waals surface area contributed by atoms with Crippen LogP contribution in [-0.2, 0) is 0 Å². The van der Waals surface area contributed by atoms with Crippen LogP contribution in [0, 0.1) is 5.92 Å². The molecule has 1 aliphatic heterocycles. The molecule has 9 aromatic carbocycles. The van der Waals surface area contributed by atoms with E-state index in [4.69, 9.17) is 13.8 Å². The number of hydrogen-bond acceptors (Lipinski definition) is 4. The number of para-hydroxylation sites is 3. The minimum atomic E-state index is -0.0375. The van der Waals surface area contributed by atoms with Gasteiger partial charge in [0, 0.05) is 60.8 Å². The van der Waals surface area contributed by atoms with Gasteiger partial charge in [0.2, 0.25) is 0 Å². The summed E-state index contributed by atoms with van der Waals surface area (Å²) in [7, 11) is 0. The predicted octanol–water partition coefficient (Wildman–Crippen LogP) is 17.8. The molecule has 0 amide bonds. The van der Waals surface area contributed by atoms with Gasteiger partial charge in [-0.3, -0.25) is 4.99 Å². The van der Waals surface area contributed by atoms with Crippen molar-refractivity contribution in [1.29, 1.82) is 0 Å². The molecule has 2 unspecified atom stereocenters. The van der Waals surface area contributed by atoms with Crippen molar-refractivity contribution < 1.29 is 8.83 Å². The van der Waals surface area contributed by atoms with Crippen LogP contribution in [0.4, 0.5) is 0 Å². The molecule has 72 heavy (non-hydrogen) atoms. The zero-order valence-corrected chi connectivity index (χ0v) is 39.8. The molecular weight excluding hydrogens is 879 g/mol. The van der Waals surface area contributed by atoms with Crippen molar-refractivity contribution in [3.63, 3.8) is 0 Å². The summed E-state index contributed by atoms with van der Waals surface area (Å²) in [6, 6.07) is 73.7. The van der Waals surface area contributed by atoms with Crippen LogP contribution < -0.4 is 5.32 Å². The van der Waals surface area contributed by atoms with E-state index in [1.165, 1.54) is 55.2 Å². The third-order valence-corrected chi connectivity index (χ3v) is 15.0. The van der Waals surface area contributed by atoms with Crippen molar-refractivity contribution in [2.24, 2.45) is 10.9 Å². The second-order valence-corrected chi connectivity index (χ2v) is 19.4. The first-order valence-corrected chi connectivity index (χ1v) is 25.2. The van der Waals surface area contributed by atoms with E-state index < -0.39 is 0 Å². The molecule has 4 heterocycles. The Morgan fingerprint density at radius 2 is 1.17 bits per heavy atom. The molecule has 0 bridgehead atoms. The van der Waals surface area contributed by atoms with Gasteiger partial charge in [0.25, 0.3) is 0 Å². The van der Waals surface area contributed by atoms with Crippen molar-refractivity contribution in [3.8, 4) is 22.3 Å². The van der Waals surface area contributed by atoms with Gasteiger partial charge in [-0.25, -0.2) is 0 Å². The van der Waals surface area contributed by atoms with Crippen LogP contribution in [0.15, 0.2) is 238 Å². The molecule has 12 aromatic rings. The summed E-state index contributed by atoms with van der Waals surface area (Å²) >= 11 is 0. The van der Waals surface area contributed by atoms with E-state index in [0.29, 0.717) is 0 Å². The molecule has 2 aliphatic rings. The smallest absolute Gasteiger partial charge is 0.142 e. The van der Waals surface area contributed by atoms with Gasteiger partial charge in [-0.2, -0.15) is 0 Å². The highest BCUT2D eigenvalue weighted by molar-refractivity contribution is 6.15. The van der Waals surface area contributed by atoms with Crippen LogP contribution in [0.25, 0.3) is 105 Å². The minimum absolute atomic E-state index is 0.0375. The fourth-order valence-electron chi connectivity index (χ4n) is 11.5.